The maximum absolute atomic E-state index is 12.2. The third-order valence-electron chi connectivity index (χ3n) is 3.48. The van der Waals surface area contributed by atoms with Gasteiger partial charge in [-0.25, -0.2) is 0 Å². The van der Waals surface area contributed by atoms with Crippen molar-refractivity contribution in [2.45, 2.75) is 19.1 Å². The molecule has 0 aromatic heterocycles. The largest absolute Gasteiger partial charge is 0.461 e. The average Bonchev–Trinajstić information content (AvgIpc) is 2.58. The Kier molecular flexibility index (Phi) is 6.13. The van der Waals surface area contributed by atoms with Gasteiger partial charge >= 0.3 is 5.97 Å². The van der Waals surface area contributed by atoms with Gasteiger partial charge in [0.2, 0.25) is 0 Å². The van der Waals surface area contributed by atoms with Gasteiger partial charge in [-0.3, -0.25) is 4.79 Å². The van der Waals surface area contributed by atoms with Crippen molar-refractivity contribution in [3.8, 4) is 0 Å². The van der Waals surface area contributed by atoms with Crippen LogP contribution < -0.4 is 0 Å². The summed E-state index contributed by atoms with van der Waals surface area (Å²) in [5.41, 5.74) is 1.80. The van der Waals surface area contributed by atoms with Gasteiger partial charge < -0.3 is 14.9 Å². The van der Waals surface area contributed by atoms with Gasteiger partial charge in [0.05, 0.1) is 18.6 Å². The van der Waals surface area contributed by atoms with Crippen LogP contribution in [-0.4, -0.2) is 28.9 Å². The number of hydrogen-bond acceptors (Lipinski definition) is 4. The Hall–Kier alpha value is -2.17. The van der Waals surface area contributed by atoms with Gasteiger partial charge in [0, 0.05) is 0 Å². The summed E-state index contributed by atoms with van der Waals surface area (Å²) in [4.78, 5) is 12.2. The SMILES string of the molecule is O=C(OCc1ccccc1)[C@H](Cc1ccccc1)[C@H](O)CO. The van der Waals surface area contributed by atoms with Gasteiger partial charge in [-0.15, -0.1) is 0 Å². The van der Waals surface area contributed by atoms with E-state index in [2.05, 4.69) is 0 Å². The smallest absolute Gasteiger partial charge is 0.312 e. The monoisotopic (exact) mass is 300 g/mol. The molecule has 0 aliphatic carbocycles. The molecular weight excluding hydrogens is 280 g/mol. The minimum Gasteiger partial charge on any atom is -0.461 e. The molecular formula is C18H20O4. The Morgan fingerprint density at radius 3 is 2.05 bits per heavy atom. The van der Waals surface area contributed by atoms with E-state index in [-0.39, 0.29) is 6.61 Å². The number of aliphatic hydroxyl groups excluding tert-OH is 2. The summed E-state index contributed by atoms with van der Waals surface area (Å²) in [5.74, 6) is -1.29. The summed E-state index contributed by atoms with van der Waals surface area (Å²) in [6, 6.07) is 18.7. The van der Waals surface area contributed by atoms with Crippen molar-refractivity contribution in [2.75, 3.05) is 6.61 Å². The molecule has 0 aliphatic rings. The molecule has 0 radical (unpaired) electrons. The predicted molar refractivity (Wildman–Crippen MR) is 83.0 cm³/mol. The van der Waals surface area contributed by atoms with E-state index >= 15 is 0 Å². The maximum Gasteiger partial charge on any atom is 0.312 e. The molecule has 2 aromatic carbocycles. The summed E-state index contributed by atoms with van der Waals surface area (Å²) in [6.07, 6.45) is -0.806. The van der Waals surface area contributed by atoms with Gasteiger partial charge in [0.25, 0.3) is 0 Å². The molecule has 0 spiro atoms. The molecule has 2 rings (SSSR count). The summed E-state index contributed by atoms with van der Waals surface area (Å²) < 4.78 is 5.28. The van der Waals surface area contributed by atoms with Crippen molar-refractivity contribution in [3.63, 3.8) is 0 Å². The van der Waals surface area contributed by atoms with Crippen LogP contribution in [0.1, 0.15) is 11.1 Å². The minimum atomic E-state index is -1.14. The Bertz CT molecular complexity index is 568. The quantitative estimate of drug-likeness (QED) is 0.767. The molecule has 22 heavy (non-hydrogen) atoms. The fourth-order valence-electron chi connectivity index (χ4n) is 2.21. The molecule has 0 heterocycles. The Morgan fingerprint density at radius 2 is 1.50 bits per heavy atom. The number of carbonyl (C=O) groups excluding carboxylic acids is 1. The first-order valence-corrected chi connectivity index (χ1v) is 7.24. The Morgan fingerprint density at radius 1 is 0.955 bits per heavy atom. The fraction of sp³-hybridized carbons (Fsp3) is 0.278. The molecule has 0 saturated carbocycles. The first kappa shape index (κ1) is 16.2. The topological polar surface area (TPSA) is 66.8 Å². The zero-order valence-corrected chi connectivity index (χ0v) is 12.3. The number of esters is 1. The van der Waals surface area contributed by atoms with Gasteiger partial charge in [-0.2, -0.15) is 0 Å². The number of ether oxygens (including phenoxy) is 1. The zero-order valence-electron chi connectivity index (χ0n) is 12.3. The van der Waals surface area contributed by atoms with Crippen molar-refractivity contribution >= 4 is 5.97 Å². The number of aliphatic hydroxyl groups is 2. The molecule has 0 aliphatic heterocycles. The van der Waals surface area contributed by atoms with E-state index in [1.54, 1.807) is 0 Å². The molecule has 2 atom stereocenters. The van der Waals surface area contributed by atoms with Gasteiger partial charge in [0.15, 0.2) is 0 Å². The van der Waals surface area contributed by atoms with E-state index < -0.39 is 24.6 Å². The Balaban J connectivity index is 2.00. The normalized spacial score (nSPS) is 13.4. The number of carbonyl (C=O) groups is 1. The molecule has 0 amide bonds. The van der Waals surface area contributed by atoms with Crippen LogP contribution in [0.25, 0.3) is 0 Å². The van der Waals surface area contributed by atoms with Crippen LogP contribution in [0.15, 0.2) is 60.7 Å². The Labute approximate surface area is 130 Å². The lowest BCUT2D eigenvalue weighted by Gasteiger charge is -2.20. The average molecular weight is 300 g/mol. The van der Waals surface area contributed by atoms with Gasteiger partial charge in [0.1, 0.15) is 6.61 Å². The predicted octanol–water partition coefficient (Wildman–Crippen LogP) is 1.94. The zero-order chi connectivity index (χ0) is 15.8. The van der Waals surface area contributed by atoms with Gasteiger partial charge in [-0.05, 0) is 17.5 Å². The highest BCUT2D eigenvalue weighted by Gasteiger charge is 2.28. The van der Waals surface area contributed by atoms with Crippen LogP contribution in [0.5, 0.6) is 0 Å². The third-order valence-corrected chi connectivity index (χ3v) is 3.48. The summed E-state index contributed by atoms with van der Waals surface area (Å²) in [6.45, 7) is -0.318. The lowest BCUT2D eigenvalue weighted by Crippen LogP contribution is -2.34. The molecule has 0 saturated heterocycles. The summed E-state index contributed by atoms with van der Waals surface area (Å²) >= 11 is 0. The van der Waals surface area contributed by atoms with E-state index in [0.717, 1.165) is 11.1 Å². The van der Waals surface area contributed by atoms with E-state index in [4.69, 9.17) is 9.84 Å². The molecule has 116 valence electrons. The van der Waals surface area contributed by atoms with Crippen molar-refractivity contribution in [1.29, 1.82) is 0 Å². The molecule has 2 aromatic rings. The third kappa shape index (κ3) is 4.69. The second kappa shape index (κ2) is 8.32. The number of benzene rings is 2. The highest BCUT2D eigenvalue weighted by molar-refractivity contribution is 5.73. The van der Waals surface area contributed by atoms with E-state index in [1.807, 2.05) is 60.7 Å². The molecule has 0 fully saturated rings. The van der Waals surface area contributed by atoms with Crippen LogP contribution in [0.2, 0.25) is 0 Å². The summed E-state index contributed by atoms with van der Waals surface area (Å²) in [7, 11) is 0. The molecule has 2 N–H and O–H groups in total. The van der Waals surface area contributed by atoms with Crippen molar-refractivity contribution in [2.24, 2.45) is 5.92 Å². The van der Waals surface area contributed by atoms with Gasteiger partial charge in [-0.1, -0.05) is 60.7 Å². The van der Waals surface area contributed by atoms with Crippen LogP contribution in [0.4, 0.5) is 0 Å². The van der Waals surface area contributed by atoms with E-state index in [9.17, 15) is 9.90 Å². The first-order chi connectivity index (χ1) is 10.7. The van der Waals surface area contributed by atoms with Crippen LogP contribution in [0, 0.1) is 5.92 Å². The fourth-order valence-corrected chi connectivity index (χ4v) is 2.21. The minimum absolute atomic E-state index is 0.156. The molecule has 4 nitrogen and oxygen atoms in total. The number of hydrogen-bond donors (Lipinski definition) is 2. The number of rotatable bonds is 7. The maximum atomic E-state index is 12.2. The molecule has 4 heteroatoms. The van der Waals surface area contributed by atoms with Crippen molar-refractivity contribution < 1.29 is 19.7 Å². The van der Waals surface area contributed by atoms with Crippen molar-refractivity contribution in [1.82, 2.24) is 0 Å². The molecule has 0 unspecified atom stereocenters. The summed E-state index contributed by atoms with van der Waals surface area (Å²) in [5, 5.41) is 19.1. The first-order valence-electron chi connectivity index (χ1n) is 7.24. The second-order valence-corrected chi connectivity index (χ2v) is 5.14. The van der Waals surface area contributed by atoms with E-state index in [1.165, 1.54) is 0 Å². The van der Waals surface area contributed by atoms with E-state index in [0.29, 0.717) is 6.42 Å². The van der Waals surface area contributed by atoms with Crippen LogP contribution >= 0.6 is 0 Å². The second-order valence-electron chi connectivity index (χ2n) is 5.14. The highest BCUT2D eigenvalue weighted by atomic mass is 16.5. The lowest BCUT2D eigenvalue weighted by atomic mass is 9.94. The highest BCUT2D eigenvalue weighted by Crippen LogP contribution is 2.16. The lowest BCUT2D eigenvalue weighted by molar-refractivity contribution is -0.155. The molecule has 0 bridgehead atoms. The van der Waals surface area contributed by atoms with Crippen molar-refractivity contribution in [3.05, 3.63) is 71.8 Å². The standard InChI is InChI=1S/C18H20O4/c19-12-17(20)16(11-14-7-3-1-4-8-14)18(21)22-13-15-9-5-2-6-10-15/h1-10,16-17,19-20H,11-13H2/t16-,17-/m1/s1. The van der Waals surface area contributed by atoms with Crippen LogP contribution in [-0.2, 0) is 22.6 Å². The van der Waals surface area contributed by atoms with Crippen LogP contribution in [0.3, 0.4) is 0 Å².